The number of nitrogens with one attached hydrogen (secondary N) is 2. The molecule has 1 fully saturated rings. The van der Waals surface area contributed by atoms with Gasteiger partial charge in [0.05, 0.1) is 0 Å². The molecule has 3 rings (SSSR count). The molecule has 0 aromatic heterocycles. The van der Waals surface area contributed by atoms with Gasteiger partial charge in [0.25, 0.3) is 0 Å². The lowest BCUT2D eigenvalue weighted by Gasteiger charge is -2.29. The van der Waals surface area contributed by atoms with Crippen LogP contribution in [-0.4, -0.2) is 19.6 Å². The Morgan fingerprint density at radius 2 is 2.14 bits per heavy atom. The summed E-state index contributed by atoms with van der Waals surface area (Å²) in [4.78, 5) is 0. The van der Waals surface area contributed by atoms with Crippen molar-refractivity contribution in [2.75, 3.05) is 25.0 Å². The highest BCUT2D eigenvalue weighted by Gasteiger charge is 2.33. The van der Waals surface area contributed by atoms with Crippen LogP contribution in [0, 0.1) is 12.8 Å². The van der Waals surface area contributed by atoms with E-state index in [2.05, 4.69) is 35.8 Å². The molecule has 2 atom stereocenters. The molecule has 74 valence electrons. The summed E-state index contributed by atoms with van der Waals surface area (Å²) in [5, 5.41) is 7.05. The zero-order valence-electron chi connectivity index (χ0n) is 8.51. The zero-order chi connectivity index (χ0) is 9.54. The van der Waals surface area contributed by atoms with Crippen LogP contribution in [0.1, 0.15) is 17.0 Å². The number of benzene rings is 1. The third-order valence-corrected chi connectivity index (χ3v) is 3.59. The number of hydrogen-bond acceptors (Lipinski definition) is 2. The van der Waals surface area contributed by atoms with E-state index in [-0.39, 0.29) is 0 Å². The number of aryl methyl sites for hydroxylation is 1. The minimum Gasteiger partial charge on any atom is -0.384 e. The first-order chi connectivity index (χ1) is 6.86. The fraction of sp³-hybridized carbons (Fsp3) is 0.500. The predicted molar refractivity (Wildman–Crippen MR) is 58.8 cm³/mol. The highest BCUT2D eigenvalue weighted by molar-refractivity contribution is 5.61. The van der Waals surface area contributed by atoms with Crippen molar-refractivity contribution in [1.82, 2.24) is 5.32 Å². The van der Waals surface area contributed by atoms with Gasteiger partial charge in [-0.25, -0.2) is 0 Å². The third-order valence-electron chi connectivity index (χ3n) is 3.59. The van der Waals surface area contributed by atoms with Gasteiger partial charge in [0.15, 0.2) is 0 Å². The summed E-state index contributed by atoms with van der Waals surface area (Å²) >= 11 is 0. The minimum absolute atomic E-state index is 0.742. The molecule has 2 N–H and O–H groups in total. The topological polar surface area (TPSA) is 24.1 Å². The van der Waals surface area contributed by atoms with Crippen LogP contribution in [0.15, 0.2) is 18.2 Å². The maximum atomic E-state index is 3.56. The fourth-order valence-electron chi connectivity index (χ4n) is 2.79. The largest absolute Gasteiger partial charge is 0.384 e. The van der Waals surface area contributed by atoms with Crippen molar-refractivity contribution in [2.24, 2.45) is 5.92 Å². The molecule has 1 aromatic rings. The number of para-hydroxylation sites is 1. The van der Waals surface area contributed by atoms with Gasteiger partial charge >= 0.3 is 0 Å². The maximum Gasteiger partial charge on any atom is 0.0406 e. The molecular formula is C12H16N2. The lowest BCUT2D eigenvalue weighted by molar-refractivity contribution is 0.529. The molecule has 0 unspecified atom stereocenters. The smallest absolute Gasteiger partial charge is 0.0406 e. The molecule has 1 saturated heterocycles. The van der Waals surface area contributed by atoms with Gasteiger partial charge in [-0.05, 0) is 24.0 Å². The maximum absolute atomic E-state index is 3.56. The average Bonchev–Trinajstić information content (AvgIpc) is 2.66. The Labute approximate surface area is 84.7 Å². The third kappa shape index (κ3) is 1.07. The normalized spacial score (nSPS) is 29.2. The lowest BCUT2D eigenvalue weighted by Crippen LogP contribution is -2.27. The summed E-state index contributed by atoms with van der Waals surface area (Å²) in [5.74, 6) is 1.54. The van der Waals surface area contributed by atoms with Crippen LogP contribution in [0.25, 0.3) is 0 Å². The van der Waals surface area contributed by atoms with Crippen LogP contribution in [0.3, 0.4) is 0 Å². The molecular weight excluding hydrogens is 172 g/mol. The summed E-state index contributed by atoms with van der Waals surface area (Å²) in [7, 11) is 0. The number of rotatable bonds is 0. The average molecular weight is 188 g/mol. The van der Waals surface area contributed by atoms with Crippen LogP contribution in [0.5, 0.6) is 0 Å². The summed E-state index contributed by atoms with van der Waals surface area (Å²) in [6, 6.07) is 6.64. The van der Waals surface area contributed by atoms with Gasteiger partial charge in [-0.15, -0.1) is 0 Å². The monoisotopic (exact) mass is 188 g/mol. The summed E-state index contributed by atoms with van der Waals surface area (Å²) in [5.41, 5.74) is 4.29. The van der Waals surface area contributed by atoms with Crippen LogP contribution in [0.4, 0.5) is 5.69 Å². The Bertz CT molecular complexity index is 359. The quantitative estimate of drug-likeness (QED) is 0.648. The second-order valence-electron chi connectivity index (χ2n) is 4.44. The van der Waals surface area contributed by atoms with E-state index in [0.717, 1.165) is 24.9 Å². The Morgan fingerprint density at radius 3 is 3.07 bits per heavy atom. The van der Waals surface area contributed by atoms with Crippen molar-refractivity contribution in [3.05, 3.63) is 29.3 Å². The molecule has 0 aliphatic carbocycles. The van der Waals surface area contributed by atoms with E-state index in [4.69, 9.17) is 0 Å². The highest BCUT2D eigenvalue weighted by atomic mass is 15.0. The molecule has 0 radical (unpaired) electrons. The van der Waals surface area contributed by atoms with E-state index >= 15 is 0 Å². The molecule has 2 heterocycles. The summed E-state index contributed by atoms with van der Waals surface area (Å²) in [6.45, 7) is 5.65. The Balaban J connectivity index is 2.09. The van der Waals surface area contributed by atoms with Crippen molar-refractivity contribution in [2.45, 2.75) is 12.8 Å². The summed E-state index contributed by atoms with van der Waals surface area (Å²) in [6.07, 6.45) is 0. The molecule has 2 aliphatic rings. The fourth-order valence-corrected chi connectivity index (χ4v) is 2.79. The standard InChI is InChI=1S/C12H16N2/c1-8-3-2-4-10-11-7-13-5-9(11)6-14-12(8)10/h2-4,9,11,13-14H,5-7H2,1H3/t9-,11-/m0/s1. The number of hydrogen-bond donors (Lipinski definition) is 2. The van der Waals surface area contributed by atoms with E-state index in [1.807, 2.05) is 0 Å². The van der Waals surface area contributed by atoms with Gasteiger partial charge < -0.3 is 10.6 Å². The van der Waals surface area contributed by atoms with Crippen LogP contribution < -0.4 is 10.6 Å². The van der Waals surface area contributed by atoms with E-state index in [9.17, 15) is 0 Å². The molecule has 0 amide bonds. The minimum atomic E-state index is 0.742. The van der Waals surface area contributed by atoms with Gasteiger partial charge in [-0.1, -0.05) is 18.2 Å². The Hall–Kier alpha value is -1.02. The number of fused-ring (bicyclic) bond motifs is 3. The van der Waals surface area contributed by atoms with Gasteiger partial charge in [-0.2, -0.15) is 0 Å². The lowest BCUT2D eigenvalue weighted by atomic mass is 9.84. The Morgan fingerprint density at radius 1 is 1.21 bits per heavy atom. The van der Waals surface area contributed by atoms with Crippen LogP contribution >= 0.6 is 0 Å². The van der Waals surface area contributed by atoms with Gasteiger partial charge in [0, 0.05) is 31.2 Å². The molecule has 1 aromatic carbocycles. The predicted octanol–water partition coefficient (Wildman–Crippen LogP) is 1.72. The SMILES string of the molecule is Cc1cccc2c1NC[C@@H]1CNC[C@H]21. The van der Waals surface area contributed by atoms with Gasteiger partial charge in [-0.3, -0.25) is 0 Å². The second kappa shape index (κ2) is 2.99. The first-order valence-corrected chi connectivity index (χ1v) is 5.40. The Kier molecular flexibility index (Phi) is 1.77. The van der Waals surface area contributed by atoms with Crippen LogP contribution in [0.2, 0.25) is 0 Å². The first-order valence-electron chi connectivity index (χ1n) is 5.40. The van der Waals surface area contributed by atoms with E-state index in [0.29, 0.717) is 0 Å². The second-order valence-corrected chi connectivity index (χ2v) is 4.44. The van der Waals surface area contributed by atoms with Crippen molar-refractivity contribution >= 4 is 5.69 Å². The molecule has 0 spiro atoms. The first kappa shape index (κ1) is 8.30. The molecule has 0 saturated carbocycles. The van der Waals surface area contributed by atoms with Crippen molar-refractivity contribution in [1.29, 1.82) is 0 Å². The molecule has 2 aliphatic heterocycles. The molecule has 0 bridgehead atoms. The van der Waals surface area contributed by atoms with Crippen molar-refractivity contribution in [3.8, 4) is 0 Å². The van der Waals surface area contributed by atoms with Crippen molar-refractivity contribution < 1.29 is 0 Å². The van der Waals surface area contributed by atoms with Crippen molar-refractivity contribution in [3.63, 3.8) is 0 Å². The zero-order valence-corrected chi connectivity index (χ0v) is 8.51. The molecule has 2 heteroatoms. The van der Waals surface area contributed by atoms with Gasteiger partial charge in [0.2, 0.25) is 0 Å². The van der Waals surface area contributed by atoms with E-state index in [1.54, 1.807) is 0 Å². The highest BCUT2D eigenvalue weighted by Crippen LogP contribution is 2.38. The molecule has 2 nitrogen and oxygen atoms in total. The summed E-state index contributed by atoms with van der Waals surface area (Å²) < 4.78 is 0. The van der Waals surface area contributed by atoms with Crippen LogP contribution in [-0.2, 0) is 0 Å². The van der Waals surface area contributed by atoms with Gasteiger partial charge in [0.1, 0.15) is 0 Å². The molecule has 14 heavy (non-hydrogen) atoms. The van der Waals surface area contributed by atoms with E-state index in [1.165, 1.54) is 23.4 Å². The number of anilines is 1. The van der Waals surface area contributed by atoms with E-state index < -0.39 is 0 Å².